The molecule has 0 aliphatic heterocycles. The highest BCUT2D eigenvalue weighted by molar-refractivity contribution is 5.76. The van der Waals surface area contributed by atoms with Crippen molar-refractivity contribution in [1.82, 2.24) is 19.7 Å². The van der Waals surface area contributed by atoms with Crippen molar-refractivity contribution in [3.05, 3.63) is 15.9 Å². The van der Waals surface area contributed by atoms with E-state index in [2.05, 4.69) is 10.1 Å². The van der Waals surface area contributed by atoms with Gasteiger partial charge in [0, 0.05) is 25.1 Å². The van der Waals surface area contributed by atoms with Crippen molar-refractivity contribution in [2.45, 2.75) is 51.6 Å². The van der Waals surface area contributed by atoms with Gasteiger partial charge in [0.1, 0.15) is 6.54 Å². The first-order chi connectivity index (χ1) is 9.49. The molecule has 110 valence electrons. The molecule has 8 nitrogen and oxygen atoms in total. The van der Waals surface area contributed by atoms with Crippen molar-refractivity contribution in [3.8, 4) is 0 Å². The predicted octanol–water partition coefficient (Wildman–Crippen LogP) is 1.29. The number of likely N-dealkylation sites (N-methyl/N-ethyl adjacent to an activating group) is 1. The lowest BCUT2D eigenvalue weighted by Gasteiger charge is -2.31. The Balaban J connectivity index is 2.01. The number of aromatic nitrogens is 3. The van der Waals surface area contributed by atoms with Gasteiger partial charge in [-0.05, 0) is 22.7 Å². The average molecular weight is 281 g/mol. The van der Waals surface area contributed by atoms with Crippen LogP contribution >= 0.6 is 0 Å². The molecule has 0 radical (unpaired) electrons. The molecule has 2 rings (SSSR count). The second-order valence-electron chi connectivity index (χ2n) is 5.17. The fraction of sp³-hybridized carbons (Fsp3) is 0.750. The number of carbonyl (C=O) groups excluding carboxylic acids is 1. The molecule has 8 heteroatoms. The highest BCUT2D eigenvalue weighted by Gasteiger charge is 2.25. The summed E-state index contributed by atoms with van der Waals surface area (Å²) in [5, 5.41) is 14.3. The van der Waals surface area contributed by atoms with E-state index < -0.39 is 10.9 Å². The standard InChI is InChI=1S/C12H19N5O3/c1-9-13-12(17(19)20)14-16(9)8-11(18)15(2)10-6-4-3-5-7-10/h10H,3-8H2,1-2H3. The lowest BCUT2D eigenvalue weighted by atomic mass is 9.94. The molecule has 0 spiro atoms. The summed E-state index contributed by atoms with van der Waals surface area (Å²) in [6.45, 7) is 1.60. The third kappa shape index (κ3) is 3.12. The Kier molecular flexibility index (Phi) is 4.31. The third-order valence-corrected chi connectivity index (χ3v) is 3.81. The molecule has 1 aliphatic carbocycles. The van der Waals surface area contributed by atoms with Gasteiger partial charge in [-0.15, -0.1) is 0 Å². The first-order valence-electron chi connectivity index (χ1n) is 6.80. The number of nitro groups is 1. The molecule has 0 unspecified atom stereocenters. The smallest absolute Gasteiger partial charge is 0.390 e. The molecule has 0 bridgehead atoms. The van der Waals surface area contributed by atoms with Crippen LogP contribution in [0.5, 0.6) is 0 Å². The van der Waals surface area contributed by atoms with Crippen LogP contribution in [-0.2, 0) is 11.3 Å². The van der Waals surface area contributed by atoms with Crippen molar-refractivity contribution in [1.29, 1.82) is 0 Å². The molecular formula is C12H19N5O3. The summed E-state index contributed by atoms with van der Waals surface area (Å²) >= 11 is 0. The summed E-state index contributed by atoms with van der Waals surface area (Å²) in [5.74, 6) is -0.169. The second kappa shape index (κ2) is 5.98. The first-order valence-corrected chi connectivity index (χ1v) is 6.80. The molecule has 1 saturated carbocycles. The largest absolute Gasteiger partial charge is 0.491 e. The highest BCUT2D eigenvalue weighted by Crippen LogP contribution is 2.21. The van der Waals surface area contributed by atoms with E-state index in [4.69, 9.17) is 0 Å². The first kappa shape index (κ1) is 14.4. The molecule has 0 saturated heterocycles. The van der Waals surface area contributed by atoms with Crippen LogP contribution in [0.25, 0.3) is 0 Å². The van der Waals surface area contributed by atoms with Crippen LogP contribution < -0.4 is 0 Å². The molecule has 0 aromatic carbocycles. The van der Waals surface area contributed by atoms with Crippen LogP contribution in [0, 0.1) is 17.0 Å². The Labute approximate surface area is 116 Å². The lowest BCUT2D eigenvalue weighted by molar-refractivity contribution is -0.394. The van der Waals surface area contributed by atoms with E-state index in [1.807, 2.05) is 0 Å². The summed E-state index contributed by atoms with van der Waals surface area (Å²) in [6.07, 6.45) is 5.58. The van der Waals surface area contributed by atoms with Gasteiger partial charge in [0.25, 0.3) is 0 Å². The van der Waals surface area contributed by atoms with Crippen LogP contribution in [0.4, 0.5) is 5.95 Å². The molecule has 1 aromatic rings. The van der Waals surface area contributed by atoms with Crippen molar-refractivity contribution in [2.24, 2.45) is 0 Å². The molecule has 20 heavy (non-hydrogen) atoms. The van der Waals surface area contributed by atoms with Crippen LogP contribution in [0.1, 0.15) is 37.9 Å². The van der Waals surface area contributed by atoms with Gasteiger partial charge >= 0.3 is 5.95 Å². The Morgan fingerprint density at radius 1 is 1.45 bits per heavy atom. The number of hydrogen-bond donors (Lipinski definition) is 0. The van der Waals surface area contributed by atoms with E-state index in [1.165, 1.54) is 11.1 Å². The minimum atomic E-state index is -0.654. The minimum absolute atomic E-state index is 0.000324. The summed E-state index contributed by atoms with van der Waals surface area (Å²) in [4.78, 5) is 27.6. The predicted molar refractivity (Wildman–Crippen MR) is 71.1 cm³/mol. The summed E-state index contributed by atoms with van der Waals surface area (Å²) < 4.78 is 1.29. The topological polar surface area (TPSA) is 94.2 Å². The molecule has 1 amide bonds. The van der Waals surface area contributed by atoms with E-state index in [9.17, 15) is 14.9 Å². The zero-order chi connectivity index (χ0) is 14.7. The number of rotatable bonds is 4. The highest BCUT2D eigenvalue weighted by atomic mass is 16.6. The van der Waals surface area contributed by atoms with Gasteiger partial charge in [0.05, 0.1) is 0 Å². The maximum Gasteiger partial charge on any atom is 0.491 e. The van der Waals surface area contributed by atoms with E-state index in [0.717, 1.165) is 25.7 Å². The Morgan fingerprint density at radius 2 is 2.10 bits per heavy atom. The van der Waals surface area contributed by atoms with E-state index in [-0.39, 0.29) is 18.5 Å². The Morgan fingerprint density at radius 3 is 2.65 bits per heavy atom. The Hall–Kier alpha value is -1.99. The molecule has 1 fully saturated rings. The van der Waals surface area contributed by atoms with Gasteiger partial charge in [-0.2, -0.15) is 4.68 Å². The number of aryl methyl sites for hydroxylation is 1. The van der Waals surface area contributed by atoms with Crippen LogP contribution in [0.15, 0.2) is 0 Å². The van der Waals surface area contributed by atoms with Crippen LogP contribution in [-0.4, -0.2) is 43.6 Å². The molecule has 0 N–H and O–H groups in total. The second-order valence-corrected chi connectivity index (χ2v) is 5.17. The van der Waals surface area contributed by atoms with Crippen molar-refractivity contribution in [3.63, 3.8) is 0 Å². The Bertz CT molecular complexity index is 507. The van der Waals surface area contributed by atoms with Gasteiger partial charge in [0.2, 0.25) is 11.7 Å². The molecule has 1 aliphatic rings. The SMILES string of the molecule is Cc1nc([N+](=O)[O-])nn1CC(=O)N(C)C1CCCCC1. The number of carbonyl (C=O) groups is 1. The van der Waals surface area contributed by atoms with Crippen LogP contribution in [0.3, 0.4) is 0 Å². The quantitative estimate of drug-likeness (QED) is 0.612. The van der Waals surface area contributed by atoms with Gasteiger partial charge in [-0.1, -0.05) is 19.3 Å². The molecular weight excluding hydrogens is 262 g/mol. The minimum Gasteiger partial charge on any atom is -0.390 e. The molecule has 1 aromatic heterocycles. The van der Waals surface area contributed by atoms with Crippen LogP contribution in [0.2, 0.25) is 0 Å². The van der Waals surface area contributed by atoms with E-state index in [1.54, 1.807) is 18.9 Å². The number of nitrogens with zero attached hydrogens (tertiary/aromatic N) is 5. The normalized spacial score (nSPS) is 16.1. The van der Waals surface area contributed by atoms with Crippen molar-refractivity contribution in [2.75, 3.05) is 7.05 Å². The fourth-order valence-corrected chi connectivity index (χ4v) is 2.54. The van der Waals surface area contributed by atoms with Crippen molar-refractivity contribution >= 4 is 11.9 Å². The summed E-state index contributed by atoms with van der Waals surface area (Å²) in [5.41, 5.74) is 0. The average Bonchev–Trinajstić information content (AvgIpc) is 2.80. The lowest BCUT2D eigenvalue weighted by Crippen LogP contribution is -2.40. The zero-order valence-corrected chi connectivity index (χ0v) is 11.8. The maximum atomic E-state index is 12.2. The number of hydrogen-bond acceptors (Lipinski definition) is 5. The maximum absolute atomic E-state index is 12.2. The third-order valence-electron chi connectivity index (χ3n) is 3.81. The van der Waals surface area contributed by atoms with Gasteiger partial charge in [0.15, 0.2) is 0 Å². The van der Waals surface area contributed by atoms with Crippen molar-refractivity contribution < 1.29 is 9.72 Å². The summed E-state index contributed by atoms with van der Waals surface area (Å²) in [7, 11) is 1.79. The zero-order valence-electron chi connectivity index (χ0n) is 11.8. The summed E-state index contributed by atoms with van der Waals surface area (Å²) in [6, 6.07) is 0.273. The molecule has 1 heterocycles. The fourth-order valence-electron chi connectivity index (χ4n) is 2.54. The van der Waals surface area contributed by atoms with Gasteiger partial charge in [-0.3, -0.25) is 4.79 Å². The van der Waals surface area contributed by atoms with Gasteiger partial charge < -0.3 is 15.0 Å². The van der Waals surface area contributed by atoms with E-state index in [0.29, 0.717) is 5.82 Å². The monoisotopic (exact) mass is 281 g/mol. The van der Waals surface area contributed by atoms with E-state index >= 15 is 0 Å². The van der Waals surface area contributed by atoms with Gasteiger partial charge in [-0.25, -0.2) is 0 Å². The molecule has 0 atom stereocenters. The number of amides is 1.